The Kier molecular flexibility index (Phi) is 4.82. The first kappa shape index (κ1) is 15.2. The number of aromatic nitrogens is 1. The Balaban J connectivity index is 1.86. The van der Waals surface area contributed by atoms with Gasteiger partial charge in [-0.15, -0.1) is 0 Å². The fourth-order valence-corrected chi connectivity index (χ4v) is 1.77. The molecule has 0 radical (unpaired) electrons. The molecule has 0 spiro atoms. The monoisotopic (exact) mass is 301 g/mol. The number of benzene rings is 1. The maximum absolute atomic E-state index is 13.4. The van der Waals surface area contributed by atoms with Crippen LogP contribution >= 0.6 is 0 Å². The van der Waals surface area contributed by atoms with Crippen molar-refractivity contribution in [2.45, 2.75) is 0 Å². The van der Waals surface area contributed by atoms with Crippen LogP contribution in [0.3, 0.4) is 0 Å². The van der Waals surface area contributed by atoms with Crippen LogP contribution in [0.1, 0.15) is 5.56 Å². The number of hydrogen-bond acceptors (Lipinski definition) is 6. The van der Waals surface area contributed by atoms with Crippen molar-refractivity contribution in [2.75, 3.05) is 23.7 Å². The second-order valence-electron chi connectivity index (χ2n) is 4.29. The highest BCUT2D eigenvalue weighted by atomic mass is 19.1. The number of pyridine rings is 1. The molecule has 0 bridgehead atoms. The molecule has 0 saturated carbocycles. The third kappa shape index (κ3) is 3.67. The maximum atomic E-state index is 13.4. The summed E-state index contributed by atoms with van der Waals surface area (Å²) in [5.41, 5.74) is 0.305. The summed E-state index contributed by atoms with van der Waals surface area (Å²) in [6, 6.07) is 9.02. The predicted octanol–water partition coefficient (Wildman–Crippen LogP) is 2.52. The summed E-state index contributed by atoms with van der Waals surface area (Å²) >= 11 is 0. The van der Waals surface area contributed by atoms with E-state index in [2.05, 4.69) is 15.6 Å². The van der Waals surface area contributed by atoms with Gasteiger partial charge in [0, 0.05) is 19.2 Å². The number of nitrogens with one attached hydrogen (secondary N) is 2. The Morgan fingerprint density at radius 3 is 2.68 bits per heavy atom. The Morgan fingerprint density at radius 2 is 2.05 bits per heavy atom. The molecule has 112 valence electrons. The zero-order chi connectivity index (χ0) is 15.9. The smallest absolute Gasteiger partial charge is 0.287 e. The lowest BCUT2D eigenvalue weighted by Gasteiger charge is -2.09. The third-order valence-electron chi connectivity index (χ3n) is 2.83. The SMILES string of the molecule is N#Cc1c(F)cccc1NCCNc1ccc([N+](=O)[O-])cn1. The van der Waals surface area contributed by atoms with Gasteiger partial charge in [-0.2, -0.15) is 5.26 Å². The fraction of sp³-hybridized carbons (Fsp3) is 0.143. The van der Waals surface area contributed by atoms with Crippen molar-refractivity contribution in [3.63, 3.8) is 0 Å². The van der Waals surface area contributed by atoms with Gasteiger partial charge in [-0.05, 0) is 18.2 Å². The van der Waals surface area contributed by atoms with Crippen molar-refractivity contribution in [3.05, 3.63) is 58.0 Å². The summed E-state index contributed by atoms with van der Waals surface area (Å²) in [4.78, 5) is 13.9. The summed E-state index contributed by atoms with van der Waals surface area (Å²) in [7, 11) is 0. The quantitative estimate of drug-likeness (QED) is 0.482. The molecular weight excluding hydrogens is 289 g/mol. The highest BCUT2D eigenvalue weighted by Gasteiger charge is 2.07. The van der Waals surface area contributed by atoms with Crippen molar-refractivity contribution < 1.29 is 9.31 Å². The van der Waals surface area contributed by atoms with E-state index in [4.69, 9.17) is 5.26 Å². The normalized spacial score (nSPS) is 9.82. The lowest BCUT2D eigenvalue weighted by molar-refractivity contribution is -0.385. The van der Waals surface area contributed by atoms with E-state index in [9.17, 15) is 14.5 Å². The molecule has 0 aliphatic rings. The molecule has 0 aliphatic heterocycles. The molecule has 0 aliphatic carbocycles. The van der Waals surface area contributed by atoms with E-state index in [1.54, 1.807) is 12.1 Å². The Morgan fingerprint density at radius 1 is 1.27 bits per heavy atom. The third-order valence-corrected chi connectivity index (χ3v) is 2.83. The molecule has 0 saturated heterocycles. The number of nitrogens with zero attached hydrogens (tertiary/aromatic N) is 3. The Bertz CT molecular complexity index is 712. The number of nitriles is 1. The number of rotatable bonds is 6. The van der Waals surface area contributed by atoms with E-state index in [1.165, 1.54) is 24.3 Å². The molecule has 0 atom stereocenters. The van der Waals surface area contributed by atoms with Crippen LogP contribution in [0.4, 0.5) is 21.6 Å². The van der Waals surface area contributed by atoms with Gasteiger partial charge >= 0.3 is 0 Å². The van der Waals surface area contributed by atoms with Gasteiger partial charge < -0.3 is 10.6 Å². The van der Waals surface area contributed by atoms with Crippen LogP contribution in [0.5, 0.6) is 0 Å². The summed E-state index contributed by atoms with van der Waals surface area (Å²) in [6.45, 7) is 0.878. The molecule has 7 nitrogen and oxygen atoms in total. The van der Waals surface area contributed by atoms with Gasteiger partial charge in [-0.25, -0.2) is 9.37 Å². The summed E-state index contributed by atoms with van der Waals surface area (Å²) in [5.74, 6) is -0.0790. The molecule has 1 aromatic heterocycles. The number of halogens is 1. The van der Waals surface area contributed by atoms with E-state index in [-0.39, 0.29) is 11.3 Å². The molecule has 2 rings (SSSR count). The minimum absolute atomic E-state index is 0.0315. The molecule has 1 aromatic carbocycles. The zero-order valence-electron chi connectivity index (χ0n) is 11.4. The number of anilines is 2. The van der Waals surface area contributed by atoms with E-state index in [0.717, 1.165) is 6.20 Å². The largest absolute Gasteiger partial charge is 0.382 e. The molecule has 22 heavy (non-hydrogen) atoms. The van der Waals surface area contributed by atoms with Crippen LogP contribution in [-0.4, -0.2) is 23.0 Å². The lowest BCUT2D eigenvalue weighted by atomic mass is 10.2. The van der Waals surface area contributed by atoms with Crippen molar-refractivity contribution in [1.29, 1.82) is 5.26 Å². The van der Waals surface area contributed by atoms with Crippen molar-refractivity contribution in [1.82, 2.24) is 4.98 Å². The molecule has 2 N–H and O–H groups in total. The first-order valence-electron chi connectivity index (χ1n) is 6.38. The van der Waals surface area contributed by atoms with Gasteiger partial charge in [0.2, 0.25) is 0 Å². The minimum Gasteiger partial charge on any atom is -0.382 e. The number of nitro groups is 1. The average Bonchev–Trinajstić information content (AvgIpc) is 2.52. The first-order valence-corrected chi connectivity index (χ1v) is 6.38. The van der Waals surface area contributed by atoms with Crippen LogP contribution in [0, 0.1) is 27.3 Å². The number of hydrogen-bond donors (Lipinski definition) is 2. The second kappa shape index (κ2) is 6.99. The first-order chi connectivity index (χ1) is 10.6. The van der Waals surface area contributed by atoms with Crippen molar-refractivity contribution in [2.24, 2.45) is 0 Å². The van der Waals surface area contributed by atoms with Gasteiger partial charge in [-0.1, -0.05) is 6.07 Å². The van der Waals surface area contributed by atoms with Gasteiger partial charge in [0.1, 0.15) is 29.5 Å². The van der Waals surface area contributed by atoms with Crippen molar-refractivity contribution in [3.8, 4) is 6.07 Å². The van der Waals surface area contributed by atoms with Gasteiger partial charge in [0.25, 0.3) is 5.69 Å². The van der Waals surface area contributed by atoms with E-state index < -0.39 is 10.7 Å². The highest BCUT2D eigenvalue weighted by Crippen LogP contribution is 2.17. The van der Waals surface area contributed by atoms with Crippen LogP contribution in [0.15, 0.2) is 36.5 Å². The van der Waals surface area contributed by atoms with E-state index in [0.29, 0.717) is 24.6 Å². The molecule has 1 heterocycles. The molecular formula is C14H12FN5O2. The van der Waals surface area contributed by atoms with E-state index in [1.807, 2.05) is 0 Å². The minimum atomic E-state index is -0.572. The van der Waals surface area contributed by atoms with Gasteiger partial charge in [0.15, 0.2) is 0 Å². The summed E-state index contributed by atoms with van der Waals surface area (Å²) < 4.78 is 13.4. The average molecular weight is 301 g/mol. The topological polar surface area (TPSA) is 104 Å². The van der Waals surface area contributed by atoms with Gasteiger partial charge in [0.05, 0.1) is 10.6 Å². The second-order valence-corrected chi connectivity index (χ2v) is 4.29. The van der Waals surface area contributed by atoms with Crippen LogP contribution < -0.4 is 10.6 Å². The Hall–Kier alpha value is -3.21. The molecule has 8 heteroatoms. The lowest BCUT2D eigenvalue weighted by Crippen LogP contribution is -2.15. The van der Waals surface area contributed by atoms with Gasteiger partial charge in [-0.3, -0.25) is 10.1 Å². The maximum Gasteiger partial charge on any atom is 0.287 e. The summed E-state index contributed by atoms with van der Waals surface area (Å²) in [5, 5.41) is 25.3. The highest BCUT2D eigenvalue weighted by molar-refractivity contribution is 5.58. The van der Waals surface area contributed by atoms with Crippen LogP contribution in [-0.2, 0) is 0 Å². The summed E-state index contributed by atoms with van der Waals surface area (Å²) in [6.07, 6.45) is 1.16. The van der Waals surface area contributed by atoms with Crippen LogP contribution in [0.2, 0.25) is 0 Å². The standard InChI is InChI=1S/C14H12FN5O2/c15-12-2-1-3-13(11(12)8-16)17-6-7-18-14-5-4-10(9-19-14)20(21)22/h1-5,9,17H,6-7H2,(H,18,19). The van der Waals surface area contributed by atoms with Crippen LogP contribution in [0.25, 0.3) is 0 Å². The molecule has 2 aromatic rings. The zero-order valence-corrected chi connectivity index (χ0v) is 11.4. The molecule has 0 amide bonds. The Labute approximate surface area is 125 Å². The van der Waals surface area contributed by atoms with Crippen molar-refractivity contribution >= 4 is 17.2 Å². The predicted molar refractivity (Wildman–Crippen MR) is 79.0 cm³/mol. The fourth-order valence-electron chi connectivity index (χ4n) is 1.77. The molecule has 0 fully saturated rings. The van der Waals surface area contributed by atoms with E-state index >= 15 is 0 Å². The molecule has 0 unspecified atom stereocenters.